The lowest BCUT2D eigenvalue weighted by atomic mass is 9.94. The molecule has 1 fully saturated rings. The van der Waals surface area contributed by atoms with Crippen LogP contribution in [0.1, 0.15) is 51.1 Å². The van der Waals surface area contributed by atoms with Crippen molar-refractivity contribution in [2.45, 2.75) is 51.7 Å². The Balaban J connectivity index is 1.96. The van der Waals surface area contributed by atoms with Crippen molar-refractivity contribution >= 4 is 12.0 Å². The maximum absolute atomic E-state index is 12.4. The average molecular weight is 344 g/mol. The van der Waals surface area contributed by atoms with Crippen LogP contribution in [0.3, 0.4) is 0 Å². The second-order valence-electron chi connectivity index (χ2n) is 6.35. The number of carbonyl (C=O) groups is 2. The molecule has 0 radical (unpaired) electrons. The summed E-state index contributed by atoms with van der Waals surface area (Å²) in [6.07, 6.45) is 4.60. The smallest absolute Gasteiger partial charge is 0.338 e. The van der Waals surface area contributed by atoms with Crippen LogP contribution in [-0.4, -0.2) is 24.7 Å². The summed E-state index contributed by atoms with van der Waals surface area (Å²) in [5.74, 6) is 0.268. The third-order valence-electron chi connectivity index (χ3n) is 4.59. The van der Waals surface area contributed by atoms with Gasteiger partial charge in [-0.1, -0.05) is 18.2 Å². The first-order valence-corrected chi connectivity index (χ1v) is 8.81. The lowest BCUT2D eigenvalue weighted by molar-refractivity contribution is -0.139. The van der Waals surface area contributed by atoms with Crippen molar-refractivity contribution in [3.05, 3.63) is 41.1 Å². The largest absolute Gasteiger partial charge is 0.490 e. The molecular weight excluding hydrogens is 320 g/mol. The summed E-state index contributed by atoms with van der Waals surface area (Å²) in [7, 11) is 0. The van der Waals surface area contributed by atoms with Crippen molar-refractivity contribution in [2.24, 2.45) is 0 Å². The maximum Gasteiger partial charge on any atom is 0.338 e. The van der Waals surface area contributed by atoms with Crippen LogP contribution >= 0.6 is 0 Å². The highest BCUT2D eigenvalue weighted by molar-refractivity contribution is 5.95. The highest BCUT2D eigenvalue weighted by Crippen LogP contribution is 2.35. The van der Waals surface area contributed by atoms with Gasteiger partial charge < -0.3 is 20.1 Å². The average Bonchev–Trinajstić information content (AvgIpc) is 3.08. The normalized spacial score (nSPS) is 20.9. The summed E-state index contributed by atoms with van der Waals surface area (Å²) in [5, 5.41) is 5.48. The minimum absolute atomic E-state index is 0.190. The summed E-state index contributed by atoms with van der Waals surface area (Å²) in [6, 6.07) is 6.62. The number of para-hydroxylation sites is 1. The molecule has 1 aliphatic heterocycles. The van der Waals surface area contributed by atoms with E-state index in [0.717, 1.165) is 18.4 Å². The van der Waals surface area contributed by atoms with Crippen LogP contribution in [0.25, 0.3) is 0 Å². The van der Waals surface area contributed by atoms with E-state index in [2.05, 4.69) is 10.6 Å². The number of rotatable bonds is 5. The van der Waals surface area contributed by atoms with E-state index < -0.39 is 12.0 Å². The lowest BCUT2D eigenvalue weighted by Crippen LogP contribution is -2.45. The van der Waals surface area contributed by atoms with Crippen molar-refractivity contribution in [3.63, 3.8) is 0 Å². The van der Waals surface area contributed by atoms with Gasteiger partial charge >= 0.3 is 12.0 Å². The van der Waals surface area contributed by atoms with Gasteiger partial charge in [-0.2, -0.15) is 0 Å². The molecule has 2 N–H and O–H groups in total. The first kappa shape index (κ1) is 17.3. The molecule has 1 aromatic carbocycles. The molecule has 1 atom stereocenters. The molecule has 6 heteroatoms. The predicted octanol–water partition coefficient (Wildman–Crippen LogP) is 3.20. The Bertz CT molecular complexity index is 692. The zero-order valence-corrected chi connectivity index (χ0v) is 14.6. The van der Waals surface area contributed by atoms with E-state index in [0.29, 0.717) is 17.0 Å². The SMILES string of the molecule is CCOC(=O)C1=C(C)NC(=O)NC1c1ccccc1OC1CCCC1. The van der Waals surface area contributed by atoms with E-state index in [9.17, 15) is 9.59 Å². The van der Waals surface area contributed by atoms with Gasteiger partial charge in [-0.15, -0.1) is 0 Å². The molecule has 1 heterocycles. The van der Waals surface area contributed by atoms with Gasteiger partial charge in [0.15, 0.2) is 0 Å². The van der Waals surface area contributed by atoms with Crippen molar-refractivity contribution in [1.29, 1.82) is 0 Å². The van der Waals surface area contributed by atoms with Gasteiger partial charge in [-0.05, 0) is 45.6 Å². The first-order valence-electron chi connectivity index (χ1n) is 8.81. The second-order valence-corrected chi connectivity index (χ2v) is 6.35. The van der Waals surface area contributed by atoms with Crippen molar-refractivity contribution in [1.82, 2.24) is 10.6 Å². The first-order chi connectivity index (χ1) is 12.1. The number of amides is 2. The Kier molecular flexibility index (Phi) is 5.26. The van der Waals surface area contributed by atoms with Gasteiger partial charge in [0.05, 0.1) is 24.3 Å². The molecule has 2 amide bonds. The molecule has 0 saturated heterocycles. The van der Waals surface area contributed by atoms with Gasteiger partial charge in [0, 0.05) is 11.3 Å². The Morgan fingerprint density at radius 1 is 1.24 bits per heavy atom. The van der Waals surface area contributed by atoms with Crippen LogP contribution in [-0.2, 0) is 9.53 Å². The minimum atomic E-state index is -0.592. The number of esters is 1. The molecule has 1 saturated carbocycles. The fraction of sp³-hybridized carbons (Fsp3) is 0.474. The fourth-order valence-electron chi connectivity index (χ4n) is 3.42. The molecule has 0 aromatic heterocycles. The lowest BCUT2D eigenvalue weighted by Gasteiger charge is -2.29. The zero-order valence-electron chi connectivity index (χ0n) is 14.6. The Morgan fingerprint density at radius 3 is 2.68 bits per heavy atom. The summed E-state index contributed by atoms with van der Waals surface area (Å²) < 4.78 is 11.4. The number of hydrogen-bond acceptors (Lipinski definition) is 4. The highest BCUT2D eigenvalue weighted by Gasteiger charge is 2.34. The molecule has 1 unspecified atom stereocenters. The number of urea groups is 1. The third kappa shape index (κ3) is 3.78. The van der Waals surface area contributed by atoms with Crippen molar-refractivity contribution < 1.29 is 19.1 Å². The zero-order chi connectivity index (χ0) is 17.8. The summed E-state index contributed by atoms with van der Waals surface area (Å²) in [5.41, 5.74) is 1.68. The van der Waals surface area contributed by atoms with Crippen LogP contribution in [0, 0.1) is 0 Å². The monoisotopic (exact) mass is 344 g/mol. The standard InChI is InChI=1S/C19H24N2O4/c1-3-24-18(22)16-12(2)20-19(23)21-17(16)14-10-6-7-11-15(14)25-13-8-4-5-9-13/h6-7,10-11,13,17H,3-5,8-9H2,1-2H3,(H2,20,21,23). The summed E-state index contributed by atoms with van der Waals surface area (Å²) in [6.45, 7) is 3.74. The molecule has 0 spiro atoms. The molecule has 2 aliphatic rings. The second kappa shape index (κ2) is 7.59. The van der Waals surface area contributed by atoms with Crippen LogP contribution in [0.2, 0.25) is 0 Å². The van der Waals surface area contributed by atoms with E-state index >= 15 is 0 Å². The van der Waals surface area contributed by atoms with Gasteiger partial charge in [-0.3, -0.25) is 0 Å². The van der Waals surface area contributed by atoms with E-state index in [-0.39, 0.29) is 18.7 Å². The quantitative estimate of drug-likeness (QED) is 0.804. The van der Waals surface area contributed by atoms with E-state index in [1.165, 1.54) is 12.8 Å². The predicted molar refractivity (Wildman–Crippen MR) is 93.1 cm³/mol. The molecule has 25 heavy (non-hydrogen) atoms. The Hall–Kier alpha value is -2.50. The van der Waals surface area contributed by atoms with Crippen molar-refractivity contribution in [3.8, 4) is 5.75 Å². The minimum Gasteiger partial charge on any atom is -0.490 e. The molecule has 0 bridgehead atoms. The Morgan fingerprint density at radius 2 is 1.96 bits per heavy atom. The summed E-state index contributed by atoms with van der Waals surface area (Å²) >= 11 is 0. The van der Waals surface area contributed by atoms with Gasteiger partial charge in [0.25, 0.3) is 0 Å². The summed E-state index contributed by atoms with van der Waals surface area (Å²) in [4.78, 5) is 24.4. The van der Waals surface area contributed by atoms with Crippen molar-refractivity contribution in [2.75, 3.05) is 6.61 Å². The topological polar surface area (TPSA) is 76.7 Å². The molecule has 6 nitrogen and oxygen atoms in total. The number of allylic oxidation sites excluding steroid dienone is 1. The molecule has 3 rings (SSSR count). The number of hydrogen-bond donors (Lipinski definition) is 2. The fourth-order valence-corrected chi connectivity index (χ4v) is 3.42. The van der Waals surface area contributed by atoms with E-state index in [1.54, 1.807) is 13.8 Å². The number of carbonyl (C=O) groups excluding carboxylic acids is 2. The van der Waals surface area contributed by atoms with Gasteiger partial charge in [0.2, 0.25) is 0 Å². The van der Waals surface area contributed by atoms with Crippen LogP contribution in [0.15, 0.2) is 35.5 Å². The molecular formula is C19H24N2O4. The highest BCUT2D eigenvalue weighted by atomic mass is 16.5. The molecule has 1 aromatic rings. The van der Waals surface area contributed by atoms with Crippen LogP contribution in [0.4, 0.5) is 4.79 Å². The van der Waals surface area contributed by atoms with Gasteiger partial charge in [-0.25, -0.2) is 9.59 Å². The van der Waals surface area contributed by atoms with Crippen LogP contribution in [0.5, 0.6) is 5.75 Å². The molecule has 134 valence electrons. The Labute approximate surface area is 147 Å². The molecule has 1 aliphatic carbocycles. The van der Waals surface area contributed by atoms with Crippen LogP contribution < -0.4 is 15.4 Å². The third-order valence-corrected chi connectivity index (χ3v) is 4.59. The number of nitrogens with one attached hydrogen (secondary N) is 2. The van der Waals surface area contributed by atoms with E-state index in [4.69, 9.17) is 9.47 Å². The number of ether oxygens (including phenoxy) is 2. The van der Waals surface area contributed by atoms with E-state index in [1.807, 2.05) is 24.3 Å². The maximum atomic E-state index is 12.4. The number of benzene rings is 1. The van der Waals surface area contributed by atoms with Gasteiger partial charge in [0.1, 0.15) is 5.75 Å².